The maximum absolute atomic E-state index is 12.1. The molecule has 3 nitrogen and oxygen atoms in total. The first kappa shape index (κ1) is 12.1. The first-order chi connectivity index (χ1) is 6.91. The van der Waals surface area contributed by atoms with Crippen molar-refractivity contribution in [2.75, 3.05) is 0 Å². The minimum absolute atomic E-state index is 0.147. The minimum Gasteiger partial charge on any atom is -0.299 e. The van der Waals surface area contributed by atoms with Gasteiger partial charge in [-0.05, 0) is 33.6 Å². The van der Waals surface area contributed by atoms with E-state index in [1.165, 1.54) is 0 Å². The quantitative estimate of drug-likeness (QED) is 0.817. The Morgan fingerprint density at radius 2 is 1.87 bits per heavy atom. The molecule has 1 aromatic rings. The van der Waals surface area contributed by atoms with Gasteiger partial charge in [0.15, 0.2) is 0 Å². The average molecular weight is 210 g/mol. The summed E-state index contributed by atoms with van der Waals surface area (Å²) in [5.41, 5.74) is 2.05. The first-order valence-electron chi connectivity index (χ1n) is 5.75. The van der Waals surface area contributed by atoms with Gasteiger partial charge in [-0.3, -0.25) is 9.89 Å². The molecule has 0 saturated carbocycles. The number of nitrogens with zero attached hydrogens (tertiary/aromatic N) is 1. The Labute approximate surface area is 91.5 Å². The molecule has 0 fully saturated rings. The summed E-state index contributed by atoms with van der Waals surface area (Å²) in [7, 11) is 0. The highest BCUT2D eigenvalue weighted by Gasteiger charge is 2.20. The number of aromatic nitrogens is 2. The Morgan fingerprint density at radius 3 is 2.27 bits per heavy atom. The summed E-state index contributed by atoms with van der Waals surface area (Å²) in [5.74, 6) is 0. The summed E-state index contributed by atoms with van der Waals surface area (Å²) < 4.78 is 1.75. The van der Waals surface area contributed by atoms with E-state index < -0.39 is 0 Å². The second-order valence-corrected chi connectivity index (χ2v) is 4.98. The Hall–Kier alpha value is -0.990. The molecule has 0 amide bonds. The van der Waals surface area contributed by atoms with Crippen LogP contribution in [0, 0.1) is 0 Å². The van der Waals surface area contributed by atoms with Gasteiger partial charge in [0.2, 0.25) is 0 Å². The molecule has 0 aliphatic carbocycles. The van der Waals surface area contributed by atoms with Crippen LogP contribution in [0.4, 0.5) is 0 Å². The van der Waals surface area contributed by atoms with Gasteiger partial charge in [0.05, 0.1) is 5.54 Å². The maximum Gasteiger partial charge on any atom is 0.270 e. The first-order valence-corrected chi connectivity index (χ1v) is 5.75. The van der Waals surface area contributed by atoms with Gasteiger partial charge >= 0.3 is 0 Å². The van der Waals surface area contributed by atoms with E-state index in [-0.39, 0.29) is 11.1 Å². The third-order valence-electron chi connectivity index (χ3n) is 2.60. The molecule has 0 bridgehead atoms. The fraction of sp³-hybridized carbons (Fsp3) is 0.750. The number of nitrogens with one attached hydrogen (secondary N) is 1. The van der Waals surface area contributed by atoms with Crippen LogP contribution >= 0.6 is 0 Å². The lowest BCUT2D eigenvalue weighted by Crippen LogP contribution is -2.33. The van der Waals surface area contributed by atoms with Crippen molar-refractivity contribution >= 4 is 0 Å². The molecule has 0 aliphatic rings. The number of H-pyrrole nitrogens is 1. The Kier molecular flexibility index (Phi) is 3.42. The highest BCUT2D eigenvalue weighted by molar-refractivity contribution is 5.18. The van der Waals surface area contributed by atoms with Gasteiger partial charge < -0.3 is 0 Å². The van der Waals surface area contributed by atoms with E-state index in [0.717, 1.165) is 30.5 Å². The number of aryl methyl sites for hydroxylation is 1. The van der Waals surface area contributed by atoms with Crippen LogP contribution in [-0.2, 0) is 18.4 Å². The normalized spacial score (nSPS) is 12.1. The van der Waals surface area contributed by atoms with Crippen LogP contribution in [0.15, 0.2) is 4.79 Å². The van der Waals surface area contributed by atoms with E-state index in [4.69, 9.17) is 0 Å². The van der Waals surface area contributed by atoms with Crippen molar-refractivity contribution in [2.24, 2.45) is 0 Å². The monoisotopic (exact) mass is 210 g/mol. The van der Waals surface area contributed by atoms with Gasteiger partial charge in [0.1, 0.15) is 0 Å². The summed E-state index contributed by atoms with van der Waals surface area (Å²) in [6, 6.07) is 0. The Bertz CT molecular complexity index is 379. The number of aromatic amines is 1. The second kappa shape index (κ2) is 4.25. The highest BCUT2D eigenvalue weighted by Crippen LogP contribution is 2.13. The molecule has 0 atom stereocenters. The molecular formula is C12H22N2O. The molecular weight excluding hydrogens is 188 g/mol. The third-order valence-corrected chi connectivity index (χ3v) is 2.60. The van der Waals surface area contributed by atoms with Crippen LogP contribution in [0.5, 0.6) is 0 Å². The van der Waals surface area contributed by atoms with Crippen LogP contribution in [0.25, 0.3) is 0 Å². The van der Waals surface area contributed by atoms with Crippen LogP contribution in [0.2, 0.25) is 0 Å². The average Bonchev–Trinajstić information content (AvgIpc) is 2.42. The van der Waals surface area contributed by atoms with Crippen LogP contribution in [0.1, 0.15) is 52.3 Å². The predicted molar refractivity (Wildman–Crippen MR) is 63.4 cm³/mol. The SMILES string of the molecule is CCCc1[nH]n(C(C)(C)C)c(=O)c1CC. The fourth-order valence-corrected chi connectivity index (χ4v) is 1.81. The maximum atomic E-state index is 12.1. The van der Waals surface area contributed by atoms with Crippen molar-refractivity contribution in [1.82, 2.24) is 9.78 Å². The van der Waals surface area contributed by atoms with Crippen molar-refractivity contribution in [3.05, 3.63) is 21.6 Å². The lowest BCUT2D eigenvalue weighted by Gasteiger charge is -2.19. The number of hydrogen-bond donors (Lipinski definition) is 1. The zero-order chi connectivity index (χ0) is 11.6. The standard InChI is InChI=1S/C12H22N2O/c1-6-8-10-9(7-2)11(15)14(13-10)12(3,4)5/h13H,6-8H2,1-5H3. The third kappa shape index (κ3) is 2.33. The smallest absolute Gasteiger partial charge is 0.270 e. The molecule has 3 heteroatoms. The summed E-state index contributed by atoms with van der Waals surface area (Å²) in [6.45, 7) is 10.3. The van der Waals surface area contributed by atoms with Crippen molar-refractivity contribution in [3.8, 4) is 0 Å². The van der Waals surface area contributed by atoms with Crippen LogP contribution < -0.4 is 5.56 Å². The molecule has 0 spiro atoms. The topological polar surface area (TPSA) is 37.8 Å². The van der Waals surface area contributed by atoms with Gasteiger partial charge in [-0.2, -0.15) is 0 Å². The summed E-state index contributed by atoms with van der Waals surface area (Å²) in [5, 5.41) is 3.25. The van der Waals surface area contributed by atoms with E-state index in [9.17, 15) is 4.79 Å². The van der Waals surface area contributed by atoms with Gasteiger partial charge in [-0.15, -0.1) is 0 Å². The van der Waals surface area contributed by atoms with Crippen molar-refractivity contribution in [2.45, 2.75) is 59.4 Å². The van der Waals surface area contributed by atoms with Crippen molar-refractivity contribution in [3.63, 3.8) is 0 Å². The minimum atomic E-state index is -0.160. The molecule has 0 radical (unpaired) electrons. The van der Waals surface area contributed by atoms with Gasteiger partial charge in [0.25, 0.3) is 5.56 Å². The van der Waals surface area contributed by atoms with Crippen LogP contribution in [-0.4, -0.2) is 9.78 Å². The van der Waals surface area contributed by atoms with E-state index in [1.807, 2.05) is 27.7 Å². The molecule has 1 heterocycles. The molecule has 1 rings (SSSR count). The summed E-state index contributed by atoms with van der Waals surface area (Å²) >= 11 is 0. The van der Waals surface area contributed by atoms with Gasteiger partial charge in [0, 0.05) is 11.3 Å². The van der Waals surface area contributed by atoms with E-state index in [2.05, 4.69) is 12.0 Å². The zero-order valence-electron chi connectivity index (χ0n) is 10.5. The lowest BCUT2D eigenvalue weighted by atomic mass is 10.1. The molecule has 1 N–H and O–H groups in total. The molecule has 86 valence electrons. The van der Waals surface area contributed by atoms with Gasteiger partial charge in [-0.25, -0.2) is 4.68 Å². The molecule has 1 aromatic heterocycles. The molecule has 0 saturated heterocycles. The fourth-order valence-electron chi connectivity index (χ4n) is 1.81. The predicted octanol–water partition coefficient (Wildman–Crippen LogP) is 2.45. The van der Waals surface area contributed by atoms with Gasteiger partial charge in [-0.1, -0.05) is 20.3 Å². The molecule has 15 heavy (non-hydrogen) atoms. The zero-order valence-corrected chi connectivity index (χ0v) is 10.5. The number of hydrogen-bond acceptors (Lipinski definition) is 1. The van der Waals surface area contributed by atoms with E-state index in [1.54, 1.807) is 4.68 Å². The largest absolute Gasteiger partial charge is 0.299 e. The second-order valence-electron chi connectivity index (χ2n) is 4.98. The Morgan fingerprint density at radius 1 is 1.27 bits per heavy atom. The number of rotatable bonds is 3. The summed E-state index contributed by atoms with van der Waals surface area (Å²) in [6.07, 6.45) is 2.84. The molecule has 0 unspecified atom stereocenters. The van der Waals surface area contributed by atoms with E-state index >= 15 is 0 Å². The van der Waals surface area contributed by atoms with E-state index in [0.29, 0.717) is 0 Å². The van der Waals surface area contributed by atoms with Crippen molar-refractivity contribution < 1.29 is 0 Å². The van der Waals surface area contributed by atoms with Crippen LogP contribution in [0.3, 0.4) is 0 Å². The molecule has 0 aromatic carbocycles. The van der Waals surface area contributed by atoms with Crippen molar-refractivity contribution in [1.29, 1.82) is 0 Å². The molecule has 0 aliphatic heterocycles. The highest BCUT2D eigenvalue weighted by atomic mass is 16.1. The lowest BCUT2D eigenvalue weighted by molar-refractivity contribution is 0.343. The Balaban J connectivity index is 3.28. The summed E-state index contributed by atoms with van der Waals surface area (Å²) in [4.78, 5) is 12.1.